The molecule has 2 aliphatic heterocycles. The van der Waals surface area contributed by atoms with Gasteiger partial charge < -0.3 is 10.0 Å². The van der Waals surface area contributed by atoms with Gasteiger partial charge in [0.1, 0.15) is 11.4 Å². The summed E-state index contributed by atoms with van der Waals surface area (Å²) >= 11 is 0. The number of rotatable bonds is 2. The van der Waals surface area contributed by atoms with Gasteiger partial charge in [0.25, 0.3) is 5.91 Å². The highest BCUT2D eigenvalue weighted by molar-refractivity contribution is 5.95. The zero-order valence-electron chi connectivity index (χ0n) is 13.4. The SMILES string of the molecule is CC(C)N1[C@H]2CC[C@H]1CN(C(=O)c1c(F)ccc(O)c1F)CC2. The molecule has 2 aliphatic rings. The summed E-state index contributed by atoms with van der Waals surface area (Å²) in [7, 11) is 0. The van der Waals surface area contributed by atoms with E-state index in [9.17, 15) is 18.7 Å². The van der Waals surface area contributed by atoms with Crippen molar-refractivity contribution >= 4 is 5.91 Å². The van der Waals surface area contributed by atoms with Crippen LogP contribution >= 0.6 is 0 Å². The summed E-state index contributed by atoms with van der Waals surface area (Å²) in [6, 6.07) is 2.89. The van der Waals surface area contributed by atoms with Gasteiger partial charge in [-0.3, -0.25) is 9.69 Å². The van der Waals surface area contributed by atoms with E-state index in [-0.39, 0.29) is 6.04 Å². The number of benzene rings is 1. The first-order valence-electron chi connectivity index (χ1n) is 8.13. The Bertz CT molecular complexity index is 621. The third-order valence-corrected chi connectivity index (χ3v) is 5.01. The van der Waals surface area contributed by atoms with E-state index >= 15 is 0 Å². The number of likely N-dealkylation sites (tertiary alicyclic amines) is 1. The smallest absolute Gasteiger partial charge is 0.260 e. The third kappa shape index (κ3) is 2.80. The van der Waals surface area contributed by atoms with E-state index in [1.165, 1.54) is 4.90 Å². The van der Waals surface area contributed by atoms with Crippen LogP contribution in [0, 0.1) is 11.6 Å². The molecule has 0 saturated carbocycles. The van der Waals surface area contributed by atoms with Crippen molar-refractivity contribution in [1.29, 1.82) is 0 Å². The maximum atomic E-state index is 14.0. The molecule has 6 heteroatoms. The Labute approximate surface area is 134 Å². The lowest BCUT2D eigenvalue weighted by Gasteiger charge is -2.32. The maximum Gasteiger partial charge on any atom is 0.260 e. The second-order valence-corrected chi connectivity index (χ2v) is 6.72. The van der Waals surface area contributed by atoms with Gasteiger partial charge in [0, 0.05) is 31.2 Å². The standard InChI is InChI=1S/C17H22F2N2O2/c1-10(2)21-11-3-4-12(21)9-20(8-7-11)17(23)15-13(18)5-6-14(22)16(15)19/h5-6,10-12,22H,3-4,7-9H2,1-2H3/t11-,12-/m0/s1. The lowest BCUT2D eigenvalue weighted by Crippen LogP contribution is -2.44. The Morgan fingerprint density at radius 3 is 2.61 bits per heavy atom. The molecule has 1 aromatic carbocycles. The van der Waals surface area contributed by atoms with E-state index in [0.717, 1.165) is 31.4 Å². The number of halogens is 2. The zero-order valence-corrected chi connectivity index (χ0v) is 13.4. The molecule has 0 unspecified atom stereocenters. The number of hydrogen-bond acceptors (Lipinski definition) is 3. The summed E-state index contributed by atoms with van der Waals surface area (Å²) < 4.78 is 27.9. The van der Waals surface area contributed by atoms with E-state index in [2.05, 4.69) is 18.7 Å². The fourth-order valence-corrected chi connectivity index (χ4v) is 4.03. The minimum absolute atomic E-state index is 0.231. The molecule has 0 radical (unpaired) electrons. The van der Waals surface area contributed by atoms with E-state index < -0.39 is 28.9 Å². The normalized spacial score (nSPS) is 25.0. The van der Waals surface area contributed by atoms with Gasteiger partial charge in [0.15, 0.2) is 11.6 Å². The molecule has 0 spiro atoms. The minimum Gasteiger partial charge on any atom is -0.505 e. The molecule has 2 bridgehead atoms. The Kier molecular flexibility index (Phi) is 4.27. The lowest BCUT2D eigenvalue weighted by molar-refractivity contribution is 0.0717. The largest absolute Gasteiger partial charge is 0.505 e. The molecular formula is C17H22F2N2O2. The van der Waals surface area contributed by atoms with Gasteiger partial charge in [0.2, 0.25) is 0 Å². The van der Waals surface area contributed by atoms with Crippen LogP contribution in [0.5, 0.6) is 5.75 Å². The van der Waals surface area contributed by atoms with Crippen LogP contribution in [0.1, 0.15) is 43.5 Å². The molecule has 0 aliphatic carbocycles. The molecule has 2 atom stereocenters. The molecule has 1 N–H and O–H groups in total. The molecule has 126 valence electrons. The molecule has 2 heterocycles. The Hall–Kier alpha value is -1.69. The molecule has 2 saturated heterocycles. The predicted molar refractivity (Wildman–Crippen MR) is 82.3 cm³/mol. The monoisotopic (exact) mass is 324 g/mol. The van der Waals surface area contributed by atoms with Crippen LogP contribution in [0.15, 0.2) is 12.1 Å². The number of hydrogen-bond donors (Lipinski definition) is 1. The number of carbonyl (C=O) groups excluding carboxylic acids is 1. The molecule has 3 rings (SSSR count). The fraction of sp³-hybridized carbons (Fsp3) is 0.588. The Morgan fingerprint density at radius 1 is 1.22 bits per heavy atom. The molecule has 2 fully saturated rings. The van der Waals surface area contributed by atoms with E-state index in [4.69, 9.17) is 0 Å². The second-order valence-electron chi connectivity index (χ2n) is 6.72. The quantitative estimate of drug-likeness (QED) is 0.910. The Balaban J connectivity index is 1.86. The summed E-state index contributed by atoms with van der Waals surface area (Å²) in [5, 5.41) is 9.43. The second kappa shape index (κ2) is 6.07. The van der Waals surface area contributed by atoms with Crippen molar-refractivity contribution in [2.24, 2.45) is 0 Å². The number of aromatic hydroxyl groups is 1. The number of phenols is 1. The summed E-state index contributed by atoms with van der Waals surface area (Å²) in [6.07, 6.45) is 2.92. The van der Waals surface area contributed by atoms with E-state index in [1.807, 2.05) is 0 Å². The number of amides is 1. The third-order valence-electron chi connectivity index (χ3n) is 5.01. The summed E-state index contributed by atoms with van der Waals surface area (Å²) in [5.41, 5.74) is -0.654. The highest BCUT2D eigenvalue weighted by Gasteiger charge is 2.40. The van der Waals surface area contributed by atoms with Gasteiger partial charge in [-0.2, -0.15) is 0 Å². The van der Waals surface area contributed by atoms with Gasteiger partial charge in [-0.15, -0.1) is 0 Å². The van der Waals surface area contributed by atoms with Crippen molar-refractivity contribution in [2.45, 2.75) is 51.2 Å². The number of fused-ring (bicyclic) bond motifs is 2. The molecule has 1 amide bonds. The number of phenolic OH excluding ortho intramolecular Hbond substituents is 1. The number of carbonyl (C=O) groups is 1. The summed E-state index contributed by atoms with van der Waals surface area (Å²) in [5.74, 6) is -3.48. The van der Waals surface area contributed by atoms with Crippen LogP contribution in [0.4, 0.5) is 8.78 Å². The summed E-state index contributed by atoms with van der Waals surface area (Å²) in [6.45, 7) is 5.23. The lowest BCUT2D eigenvalue weighted by atomic mass is 10.1. The van der Waals surface area contributed by atoms with Crippen molar-refractivity contribution in [1.82, 2.24) is 9.80 Å². The average molecular weight is 324 g/mol. The van der Waals surface area contributed by atoms with Crippen LogP contribution in [0.25, 0.3) is 0 Å². The zero-order chi connectivity index (χ0) is 16.7. The van der Waals surface area contributed by atoms with E-state index in [0.29, 0.717) is 25.2 Å². The van der Waals surface area contributed by atoms with Gasteiger partial charge in [-0.05, 0) is 45.2 Å². The van der Waals surface area contributed by atoms with Gasteiger partial charge >= 0.3 is 0 Å². The van der Waals surface area contributed by atoms with Gasteiger partial charge in [-0.1, -0.05) is 0 Å². The van der Waals surface area contributed by atoms with Crippen molar-refractivity contribution in [3.8, 4) is 5.75 Å². The first-order chi connectivity index (χ1) is 10.9. The van der Waals surface area contributed by atoms with Crippen molar-refractivity contribution in [3.63, 3.8) is 0 Å². The molecule has 0 aromatic heterocycles. The van der Waals surface area contributed by atoms with Crippen LogP contribution in [0.2, 0.25) is 0 Å². The van der Waals surface area contributed by atoms with Crippen LogP contribution in [-0.4, -0.2) is 52.0 Å². The van der Waals surface area contributed by atoms with E-state index in [1.54, 1.807) is 0 Å². The first-order valence-corrected chi connectivity index (χ1v) is 8.13. The van der Waals surface area contributed by atoms with Crippen LogP contribution in [0.3, 0.4) is 0 Å². The molecular weight excluding hydrogens is 302 g/mol. The molecule has 1 aromatic rings. The first kappa shape index (κ1) is 16.2. The minimum atomic E-state index is -1.18. The topological polar surface area (TPSA) is 43.8 Å². The Morgan fingerprint density at radius 2 is 1.91 bits per heavy atom. The van der Waals surface area contributed by atoms with Crippen molar-refractivity contribution in [2.75, 3.05) is 13.1 Å². The van der Waals surface area contributed by atoms with Gasteiger partial charge in [-0.25, -0.2) is 8.78 Å². The molecule has 23 heavy (non-hydrogen) atoms. The fourth-order valence-electron chi connectivity index (χ4n) is 4.03. The van der Waals surface area contributed by atoms with Crippen molar-refractivity contribution < 1.29 is 18.7 Å². The highest BCUT2D eigenvalue weighted by Crippen LogP contribution is 2.33. The average Bonchev–Trinajstić information content (AvgIpc) is 2.78. The predicted octanol–water partition coefficient (Wildman–Crippen LogP) is 2.76. The molecule has 4 nitrogen and oxygen atoms in total. The number of nitrogens with zero attached hydrogens (tertiary/aromatic N) is 2. The van der Waals surface area contributed by atoms with Crippen LogP contribution < -0.4 is 0 Å². The maximum absolute atomic E-state index is 14.0. The van der Waals surface area contributed by atoms with Crippen LogP contribution in [-0.2, 0) is 0 Å². The summed E-state index contributed by atoms with van der Waals surface area (Å²) in [4.78, 5) is 16.6. The highest BCUT2D eigenvalue weighted by atomic mass is 19.1. The van der Waals surface area contributed by atoms with Crippen molar-refractivity contribution in [3.05, 3.63) is 29.3 Å². The van der Waals surface area contributed by atoms with Gasteiger partial charge in [0.05, 0.1) is 0 Å².